The first-order valence-corrected chi connectivity index (χ1v) is 5.17. The fraction of sp³-hybridized carbons (Fsp3) is 0. The second kappa shape index (κ2) is 3.59. The molecule has 3 nitrogen and oxygen atoms in total. The summed E-state index contributed by atoms with van der Waals surface area (Å²) in [6.07, 6.45) is 0. The number of nitrogens with zero attached hydrogens (tertiary/aromatic N) is 1. The molecule has 0 saturated heterocycles. The molecule has 2 aromatic carbocycles. The van der Waals surface area contributed by atoms with Crippen molar-refractivity contribution in [1.29, 1.82) is 0 Å². The average molecular weight is 228 g/mol. The maximum Gasteiger partial charge on any atom is 0.138 e. The molecular weight excluding hydrogens is 219 g/mol. The molecule has 84 valence electrons. The van der Waals surface area contributed by atoms with Gasteiger partial charge < -0.3 is 10.1 Å². The van der Waals surface area contributed by atoms with Crippen molar-refractivity contribution in [1.82, 2.24) is 9.97 Å². The van der Waals surface area contributed by atoms with Crippen molar-refractivity contribution < 1.29 is 9.50 Å². The Hall–Kier alpha value is -2.36. The Balaban J connectivity index is 2.18. The highest BCUT2D eigenvalue weighted by Crippen LogP contribution is 2.23. The van der Waals surface area contributed by atoms with E-state index in [0.29, 0.717) is 11.4 Å². The van der Waals surface area contributed by atoms with Gasteiger partial charge in [-0.15, -0.1) is 0 Å². The van der Waals surface area contributed by atoms with Gasteiger partial charge in [0.05, 0.1) is 11.0 Å². The quantitative estimate of drug-likeness (QED) is 0.672. The highest BCUT2D eigenvalue weighted by molar-refractivity contribution is 5.80. The minimum Gasteiger partial charge on any atom is -0.508 e. The number of aromatic nitrogens is 2. The zero-order chi connectivity index (χ0) is 11.8. The zero-order valence-electron chi connectivity index (χ0n) is 8.81. The molecule has 0 saturated carbocycles. The number of phenolic OH excluding ortho intramolecular Hbond substituents is 1. The molecule has 0 aliphatic heterocycles. The maximum atomic E-state index is 13.1. The number of fused-ring (bicyclic) bond motifs is 1. The summed E-state index contributed by atoms with van der Waals surface area (Å²) in [4.78, 5) is 7.37. The van der Waals surface area contributed by atoms with E-state index in [2.05, 4.69) is 9.97 Å². The lowest BCUT2D eigenvalue weighted by Gasteiger charge is -1.95. The Morgan fingerprint density at radius 1 is 1.12 bits per heavy atom. The highest BCUT2D eigenvalue weighted by atomic mass is 19.1. The van der Waals surface area contributed by atoms with E-state index < -0.39 is 0 Å². The maximum absolute atomic E-state index is 13.1. The normalized spacial score (nSPS) is 10.9. The van der Waals surface area contributed by atoms with Crippen molar-refractivity contribution in [3.8, 4) is 17.1 Å². The third-order valence-corrected chi connectivity index (χ3v) is 2.56. The molecule has 4 heteroatoms. The number of rotatable bonds is 1. The number of hydrogen-bond donors (Lipinski definition) is 2. The molecule has 0 atom stereocenters. The van der Waals surface area contributed by atoms with E-state index in [9.17, 15) is 9.50 Å². The minimum atomic E-state index is -0.300. The molecule has 1 aromatic heterocycles. The summed E-state index contributed by atoms with van der Waals surface area (Å²) < 4.78 is 13.1. The first-order valence-electron chi connectivity index (χ1n) is 5.17. The van der Waals surface area contributed by atoms with E-state index in [1.807, 2.05) is 0 Å². The number of H-pyrrole nitrogens is 1. The molecule has 17 heavy (non-hydrogen) atoms. The SMILES string of the molecule is Oc1ccc2nc(-c3cccc(F)c3)[nH]c2c1. The Bertz CT molecular complexity index is 691. The van der Waals surface area contributed by atoms with Crippen LogP contribution in [0.1, 0.15) is 0 Å². The molecular formula is C13H9FN2O. The van der Waals surface area contributed by atoms with Crippen molar-refractivity contribution in [3.63, 3.8) is 0 Å². The van der Waals surface area contributed by atoms with Gasteiger partial charge >= 0.3 is 0 Å². The number of imidazole rings is 1. The molecule has 1 heterocycles. The highest BCUT2D eigenvalue weighted by Gasteiger charge is 2.06. The molecule has 2 N–H and O–H groups in total. The summed E-state index contributed by atoms with van der Waals surface area (Å²) in [6.45, 7) is 0. The number of aromatic hydroxyl groups is 1. The van der Waals surface area contributed by atoms with Crippen LogP contribution in [0.4, 0.5) is 4.39 Å². The van der Waals surface area contributed by atoms with Crippen molar-refractivity contribution in [2.75, 3.05) is 0 Å². The molecule has 0 aliphatic rings. The number of halogens is 1. The van der Waals surface area contributed by atoms with Crippen LogP contribution in [0, 0.1) is 5.82 Å². The second-order valence-electron chi connectivity index (χ2n) is 3.80. The Morgan fingerprint density at radius 2 is 2.00 bits per heavy atom. The zero-order valence-corrected chi connectivity index (χ0v) is 8.81. The first-order chi connectivity index (χ1) is 8.22. The summed E-state index contributed by atoms with van der Waals surface area (Å²) in [6, 6.07) is 11.1. The van der Waals surface area contributed by atoms with Gasteiger partial charge in [-0.1, -0.05) is 12.1 Å². The van der Waals surface area contributed by atoms with Gasteiger partial charge in [-0.3, -0.25) is 0 Å². The molecule has 0 aliphatic carbocycles. The van der Waals surface area contributed by atoms with Crippen LogP contribution in [0.15, 0.2) is 42.5 Å². The van der Waals surface area contributed by atoms with Crippen LogP contribution in [-0.4, -0.2) is 15.1 Å². The van der Waals surface area contributed by atoms with Gasteiger partial charge in [-0.05, 0) is 24.3 Å². The molecule has 0 bridgehead atoms. The fourth-order valence-electron chi connectivity index (χ4n) is 1.77. The molecule has 0 amide bonds. The van der Waals surface area contributed by atoms with Gasteiger partial charge in [0.2, 0.25) is 0 Å². The van der Waals surface area contributed by atoms with E-state index in [-0.39, 0.29) is 11.6 Å². The summed E-state index contributed by atoms with van der Waals surface area (Å²) in [5.74, 6) is 0.461. The second-order valence-corrected chi connectivity index (χ2v) is 3.80. The van der Waals surface area contributed by atoms with Crippen LogP contribution < -0.4 is 0 Å². The lowest BCUT2D eigenvalue weighted by molar-refractivity contribution is 0.476. The van der Waals surface area contributed by atoms with Crippen LogP contribution in [-0.2, 0) is 0 Å². The minimum absolute atomic E-state index is 0.173. The van der Waals surface area contributed by atoms with Gasteiger partial charge in [-0.2, -0.15) is 0 Å². The Kier molecular flexibility index (Phi) is 2.08. The molecule has 0 spiro atoms. The van der Waals surface area contributed by atoms with Crippen LogP contribution >= 0.6 is 0 Å². The summed E-state index contributed by atoms with van der Waals surface area (Å²) in [5, 5.41) is 9.35. The van der Waals surface area contributed by atoms with E-state index in [4.69, 9.17) is 0 Å². The summed E-state index contributed by atoms with van der Waals surface area (Å²) in [5.41, 5.74) is 2.15. The predicted octanol–water partition coefficient (Wildman–Crippen LogP) is 3.07. The van der Waals surface area contributed by atoms with Crippen molar-refractivity contribution in [2.24, 2.45) is 0 Å². The number of aromatic amines is 1. The van der Waals surface area contributed by atoms with Gasteiger partial charge in [-0.25, -0.2) is 9.37 Å². The van der Waals surface area contributed by atoms with E-state index in [1.165, 1.54) is 12.1 Å². The summed E-state index contributed by atoms with van der Waals surface area (Å²) in [7, 11) is 0. The van der Waals surface area contributed by atoms with Crippen molar-refractivity contribution >= 4 is 11.0 Å². The van der Waals surface area contributed by atoms with Crippen molar-refractivity contribution in [2.45, 2.75) is 0 Å². The molecule has 0 fully saturated rings. The average Bonchev–Trinajstić information content (AvgIpc) is 2.72. The van der Waals surface area contributed by atoms with Gasteiger partial charge in [0.25, 0.3) is 0 Å². The lowest BCUT2D eigenvalue weighted by atomic mass is 10.2. The molecule has 3 rings (SSSR count). The number of nitrogens with one attached hydrogen (secondary N) is 1. The monoisotopic (exact) mass is 228 g/mol. The van der Waals surface area contributed by atoms with Crippen molar-refractivity contribution in [3.05, 3.63) is 48.3 Å². The Labute approximate surface area is 96.6 Å². The lowest BCUT2D eigenvalue weighted by Crippen LogP contribution is -1.81. The van der Waals surface area contributed by atoms with E-state index >= 15 is 0 Å². The summed E-state index contributed by atoms with van der Waals surface area (Å²) >= 11 is 0. The van der Waals surface area contributed by atoms with E-state index in [1.54, 1.807) is 30.3 Å². The van der Waals surface area contributed by atoms with Gasteiger partial charge in [0.15, 0.2) is 0 Å². The van der Waals surface area contributed by atoms with Gasteiger partial charge in [0, 0.05) is 11.6 Å². The Morgan fingerprint density at radius 3 is 2.82 bits per heavy atom. The number of benzene rings is 2. The third-order valence-electron chi connectivity index (χ3n) is 2.56. The molecule has 0 radical (unpaired) electrons. The third kappa shape index (κ3) is 1.73. The first kappa shape index (κ1) is 9.84. The van der Waals surface area contributed by atoms with Crippen LogP contribution in [0.2, 0.25) is 0 Å². The number of hydrogen-bond acceptors (Lipinski definition) is 2. The van der Waals surface area contributed by atoms with Crippen LogP contribution in [0.25, 0.3) is 22.4 Å². The smallest absolute Gasteiger partial charge is 0.138 e. The number of phenols is 1. The standard InChI is InChI=1S/C13H9FN2O/c14-9-3-1-2-8(6-9)13-15-11-5-4-10(17)7-12(11)16-13/h1-7,17H,(H,15,16). The predicted molar refractivity (Wildman–Crippen MR) is 63.2 cm³/mol. The van der Waals surface area contributed by atoms with Gasteiger partial charge in [0.1, 0.15) is 17.4 Å². The van der Waals surface area contributed by atoms with E-state index in [0.717, 1.165) is 11.0 Å². The topological polar surface area (TPSA) is 48.9 Å². The van der Waals surface area contributed by atoms with Crippen LogP contribution in [0.3, 0.4) is 0 Å². The molecule has 0 unspecified atom stereocenters. The fourth-order valence-corrected chi connectivity index (χ4v) is 1.77. The van der Waals surface area contributed by atoms with Crippen LogP contribution in [0.5, 0.6) is 5.75 Å². The molecule has 3 aromatic rings. The largest absolute Gasteiger partial charge is 0.508 e.